The Kier molecular flexibility index (Phi) is 4.87. The molecule has 0 bridgehead atoms. The minimum Gasteiger partial charge on any atom is -0.472 e. The van der Waals surface area contributed by atoms with E-state index in [1.54, 1.807) is 6.34 Å². The van der Waals surface area contributed by atoms with Crippen molar-refractivity contribution in [3.8, 4) is 0 Å². The highest BCUT2D eigenvalue weighted by molar-refractivity contribution is 5.89. The third-order valence-corrected chi connectivity index (χ3v) is 4.19. The molecular weight excluding hydrogens is 300 g/mol. The first-order valence-corrected chi connectivity index (χ1v) is 8.11. The van der Waals surface area contributed by atoms with E-state index in [1.165, 1.54) is 6.08 Å². The van der Waals surface area contributed by atoms with Crippen LogP contribution in [0.1, 0.15) is 18.1 Å². The zero-order valence-corrected chi connectivity index (χ0v) is 13.8. The van der Waals surface area contributed by atoms with Crippen molar-refractivity contribution in [1.29, 1.82) is 0 Å². The van der Waals surface area contributed by atoms with Gasteiger partial charge in [-0.25, -0.2) is 9.28 Å². The van der Waals surface area contributed by atoms with Gasteiger partial charge in [0.2, 0.25) is 12.2 Å². The molecule has 1 aliphatic heterocycles. The minimum atomic E-state index is -0.000542. The molecule has 3 rings (SSSR count). The van der Waals surface area contributed by atoms with E-state index in [0.29, 0.717) is 25.6 Å². The van der Waals surface area contributed by atoms with Crippen LogP contribution in [-0.4, -0.2) is 23.3 Å². The first-order valence-electron chi connectivity index (χ1n) is 8.11. The molecule has 2 aromatic rings. The fourth-order valence-corrected chi connectivity index (χ4v) is 2.68. The van der Waals surface area contributed by atoms with Gasteiger partial charge in [-0.05, 0) is 12.5 Å². The number of rotatable bonds is 6. The van der Waals surface area contributed by atoms with Crippen molar-refractivity contribution < 1.29 is 14.0 Å². The fourth-order valence-electron chi connectivity index (χ4n) is 2.68. The second-order valence-electron chi connectivity index (χ2n) is 5.83. The number of amides is 1. The van der Waals surface area contributed by atoms with Gasteiger partial charge in [0.1, 0.15) is 19.2 Å². The Morgan fingerprint density at radius 3 is 2.17 bits per heavy atom. The molecule has 0 saturated heterocycles. The molecule has 0 saturated carbocycles. The molecule has 0 aromatic heterocycles. The molecule has 0 aliphatic carbocycles. The van der Waals surface area contributed by atoms with Gasteiger partial charge in [0.15, 0.2) is 0 Å². The Labute approximate surface area is 142 Å². The maximum absolute atomic E-state index is 12.7. The zero-order valence-electron chi connectivity index (χ0n) is 13.8. The van der Waals surface area contributed by atoms with E-state index >= 15 is 0 Å². The third-order valence-electron chi connectivity index (χ3n) is 4.19. The number of likely N-dealkylation sites (N-methyl/N-ethyl adjacent to an activating group) is 1. The highest BCUT2D eigenvalue weighted by Crippen LogP contribution is 2.20. The lowest BCUT2D eigenvalue weighted by molar-refractivity contribution is -0.767. The number of quaternary nitrogens is 1. The number of aliphatic imine (C=N–C) groups is 1. The average Bonchev–Trinajstić information content (AvgIpc) is 2.64. The fraction of sp³-hybridized carbons (Fsp3) is 0.200. The molecule has 4 heteroatoms. The van der Waals surface area contributed by atoms with Gasteiger partial charge in [-0.15, -0.1) is 0 Å². The topological polar surface area (TPSA) is 38.7 Å². The van der Waals surface area contributed by atoms with E-state index in [2.05, 4.69) is 4.99 Å². The second kappa shape index (κ2) is 7.23. The quantitative estimate of drug-likeness (QED) is 0.762. The standard InChI is InChI=1S/C20H21N2O2/c1-2-22(14-17-9-5-3-6-10-17)16-21-19(13-20(22)23)24-15-18-11-7-4-8-12-18/h3-13,16H,2,14-15H2,1H3/q+1. The van der Waals surface area contributed by atoms with Crippen LogP contribution in [0.25, 0.3) is 0 Å². The Hall–Kier alpha value is -2.72. The maximum Gasteiger partial charge on any atom is 0.350 e. The van der Waals surface area contributed by atoms with Crippen molar-refractivity contribution >= 4 is 12.2 Å². The monoisotopic (exact) mass is 321 g/mol. The minimum absolute atomic E-state index is 0.000542. The van der Waals surface area contributed by atoms with E-state index < -0.39 is 0 Å². The SMILES string of the molecule is CC[N+]1(Cc2ccccc2)C=NC(OCc2ccccc2)=CC1=O. The Morgan fingerprint density at radius 1 is 0.958 bits per heavy atom. The van der Waals surface area contributed by atoms with Crippen molar-refractivity contribution in [3.63, 3.8) is 0 Å². The lowest BCUT2D eigenvalue weighted by Gasteiger charge is -2.30. The van der Waals surface area contributed by atoms with E-state index in [1.807, 2.05) is 67.6 Å². The van der Waals surface area contributed by atoms with Crippen molar-refractivity contribution in [1.82, 2.24) is 0 Å². The average molecular weight is 321 g/mol. The number of nitrogens with zero attached hydrogens (tertiary/aromatic N) is 2. The van der Waals surface area contributed by atoms with Crippen molar-refractivity contribution in [2.45, 2.75) is 20.1 Å². The van der Waals surface area contributed by atoms with Gasteiger partial charge in [-0.1, -0.05) is 60.7 Å². The molecule has 0 N–H and O–H groups in total. The van der Waals surface area contributed by atoms with Gasteiger partial charge in [0.25, 0.3) is 0 Å². The maximum atomic E-state index is 12.7. The summed E-state index contributed by atoms with van der Waals surface area (Å²) in [5.41, 5.74) is 2.16. The lowest BCUT2D eigenvalue weighted by atomic mass is 10.1. The molecule has 0 fully saturated rings. The normalized spacial score (nSPS) is 19.9. The smallest absolute Gasteiger partial charge is 0.350 e. The van der Waals surface area contributed by atoms with Gasteiger partial charge < -0.3 is 4.74 Å². The van der Waals surface area contributed by atoms with Crippen LogP contribution in [0.4, 0.5) is 0 Å². The summed E-state index contributed by atoms with van der Waals surface area (Å²) in [4.78, 5) is 17.1. The van der Waals surface area contributed by atoms with Crippen LogP contribution in [0.3, 0.4) is 0 Å². The van der Waals surface area contributed by atoms with Crippen molar-refractivity contribution in [3.05, 3.63) is 83.7 Å². The van der Waals surface area contributed by atoms with Gasteiger partial charge in [-0.2, -0.15) is 4.99 Å². The number of hydrogen-bond donors (Lipinski definition) is 0. The predicted molar refractivity (Wildman–Crippen MR) is 93.8 cm³/mol. The first-order chi connectivity index (χ1) is 11.7. The molecule has 1 atom stereocenters. The van der Waals surface area contributed by atoms with E-state index in [-0.39, 0.29) is 10.4 Å². The summed E-state index contributed by atoms with van der Waals surface area (Å²) in [7, 11) is 0. The summed E-state index contributed by atoms with van der Waals surface area (Å²) in [5, 5.41) is 0. The Balaban J connectivity index is 1.70. The Morgan fingerprint density at radius 2 is 1.58 bits per heavy atom. The van der Waals surface area contributed by atoms with Crippen LogP contribution in [0.15, 0.2) is 77.6 Å². The summed E-state index contributed by atoms with van der Waals surface area (Å²) >= 11 is 0. The molecule has 4 nitrogen and oxygen atoms in total. The van der Waals surface area contributed by atoms with Crippen LogP contribution >= 0.6 is 0 Å². The van der Waals surface area contributed by atoms with Gasteiger partial charge in [0, 0.05) is 5.56 Å². The molecular formula is C20H21N2O2+. The molecule has 1 amide bonds. The van der Waals surface area contributed by atoms with E-state index in [0.717, 1.165) is 11.1 Å². The summed E-state index contributed by atoms with van der Waals surface area (Å²) in [6.45, 7) is 3.65. The highest BCUT2D eigenvalue weighted by Gasteiger charge is 2.36. The van der Waals surface area contributed by atoms with Crippen LogP contribution < -0.4 is 0 Å². The molecule has 122 valence electrons. The van der Waals surface area contributed by atoms with E-state index in [4.69, 9.17) is 4.74 Å². The van der Waals surface area contributed by atoms with Gasteiger partial charge in [-0.3, -0.25) is 0 Å². The van der Waals surface area contributed by atoms with Crippen LogP contribution in [0, 0.1) is 0 Å². The molecule has 1 unspecified atom stereocenters. The van der Waals surface area contributed by atoms with Crippen LogP contribution in [0.5, 0.6) is 0 Å². The van der Waals surface area contributed by atoms with Crippen LogP contribution in [-0.2, 0) is 22.7 Å². The second-order valence-corrected chi connectivity index (χ2v) is 5.83. The number of carbonyl (C=O) groups excluding carboxylic acids is 1. The number of benzene rings is 2. The largest absolute Gasteiger partial charge is 0.472 e. The summed E-state index contributed by atoms with van der Waals surface area (Å²) in [6, 6.07) is 19.8. The third kappa shape index (κ3) is 3.60. The molecule has 1 heterocycles. The van der Waals surface area contributed by atoms with Crippen molar-refractivity contribution in [2.75, 3.05) is 6.54 Å². The Bertz CT molecular complexity index is 754. The molecule has 1 aliphatic rings. The summed E-state index contributed by atoms with van der Waals surface area (Å²) in [5.74, 6) is 0.374. The first kappa shape index (κ1) is 16.1. The number of hydrogen-bond acceptors (Lipinski definition) is 3. The highest BCUT2D eigenvalue weighted by atomic mass is 16.5. The summed E-state index contributed by atoms with van der Waals surface area (Å²) < 4.78 is 5.84. The zero-order chi connectivity index (χ0) is 16.8. The number of ether oxygens (including phenoxy) is 1. The molecule has 0 spiro atoms. The molecule has 24 heavy (non-hydrogen) atoms. The predicted octanol–water partition coefficient (Wildman–Crippen LogP) is 3.65. The number of carbonyl (C=O) groups is 1. The van der Waals surface area contributed by atoms with Gasteiger partial charge >= 0.3 is 5.91 Å². The van der Waals surface area contributed by atoms with Gasteiger partial charge in [0.05, 0.1) is 6.54 Å². The molecule has 0 radical (unpaired) electrons. The van der Waals surface area contributed by atoms with Crippen LogP contribution in [0.2, 0.25) is 0 Å². The van der Waals surface area contributed by atoms with E-state index in [9.17, 15) is 4.79 Å². The summed E-state index contributed by atoms with van der Waals surface area (Å²) in [6.07, 6.45) is 3.21. The lowest BCUT2D eigenvalue weighted by Crippen LogP contribution is -2.51. The molecule has 2 aromatic carbocycles. The van der Waals surface area contributed by atoms with Crippen molar-refractivity contribution in [2.24, 2.45) is 4.99 Å².